The first kappa shape index (κ1) is 21.2. The fourth-order valence-electron chi connectivity index (χ4n) is 7.22. The number of nitrogens with one attached hydrogen (secondary N) is 1. The third kappa shape index (κ3) is 3.19. The van der Waals surface area contributed by atoms with Gasteiger partial charge in [-0.05, 0) is 61.6 Å². The van der Waals surface area contributed by atoms with E-state index in [0.29, 0.717) is 29.2 Å². The average molecular weight is 478 g/mol. The predicted molar refractivity (Wildman–Crippen MR) is 127 cm³/mol. The molecule has 2 aliphatic heterocycles. The fraction of sp³-hybridized carbons (Fsp3) is 0.538. The molecule has 2 aromatic heterocycles. The number of anilines is 2. The molecule has 5 atom stereocenters. The lowest BCUT2D eigenvalue weighted by Crippen LogP contribution is -2.68. The summed E-state index contributed by atoms with van der Waals surface area (Å²) in [6.07, 6.45) is 7.02. The van der Waals surface area contributed by atoms with Crippen molar-refractivity contribution in [3.63, 3.8) is 0 Å². The molecule has 3 fully saturated rings. The van der Waals surface area contributed by atoms with Gasteiger partial charge in [0, 0.05) is 49.3 Å². The summed E-state index contributed by atoms with van der Waals surface area (Å²) in [5, 5.41) is 8.52. The Bertz CT molecular complexity index is 1290. The van der Waals surface area contributed by atoms with Crippen molar-refractivity contribution in [1.82, 2.24) is 24.7 Å². The zero-order valence-corrected chi connectivity index (χ0v) is 19.8. The zero-order chi connectivity index (χ0) is 23.7. The molecule has 3 unspecified atom stereocenters. The Kier molecular flexibility index (Phi) is 4.66. The van der Waals surface area contributed by atoms with Crippen LogP contribution in [0.2, 0.25) is 0 Å². The summed E-state index contributed by atoms with van der Waals surface area (Å²) < 4.78 is 29.5. The molecule has 3 aromatic rings. The van der Waals surface area contributed by atoms with E-state index in [1.165, 1.54) is 25.0 Å². The Morgan fingerprint density at radius 2 is 1.97 bits per heavy atom. The van der Waals surface area contributed by atoms with Crippen LogP contribution < -0.4 is 10.2 Å². The topological polar surface area (TPSA) is 71.8 Å². The Morgan fingerprint density at radius 3 is 2.77 bits per heavy atom. The molecule has 4 heterocycles. The van der Waals surface area contributed by atoms with Gasteiger partial charge in [0.2, 0.25) is 5.95 Å². The summed E-state index contributed by atoms with van der Waals surface area (Å²) in [7, 11) is 0. The second kappa shape index (κ2) is 7.70. The molecule has 1 N–H and O–H groups in total. The van der Waals surface area contributed by atoms with Crippen LogP contribution in [0.3, 0.4) is 0 Å². The number of hydrogen-bond acceptors (Lipinski definition) is 6. The SMILES string of the molecule is Cc1cc(N2C[C@H]3[C@H](Nc4nc5n(n4)CCCCC5c4ccc(F)c(F)c4)C4CCC43C2)ncn1. The molecular formula is C26H29F2N7. The van der Waals surface area contributed by atoms with E-state index in [4.69, 9.17) is 10.1 Å². The van der Waals surface area contributed by atoms with Crippen LogP contribution in [-0.4, -0.2) is 43.9 Å². The standard InChI is InChI=1S/C26H29F2N7/c1-15-10-22(30-14-29-15)34-12-19-23(18-7-8-26(18,19)13-34)31-25-32-24-17(4-2-3-9-35(24)33-25)16-5-6-20(27)21(28)11-16/h5-6,10-11,14,17-19,23H,2-4,7-9,12-13H2,1H3,(H,31,33)/t17?,18?,19-,23+,26?/m0/s1. The minimum Gasteiger partial charge on any atom is -0.356 e. The van der Waals surface area contributed by atoms with Crippen molar-refractivity contribution in [3.8, 4) is 0 Å². The Morgan fingerprint density at radius 1 is 1.06 bits per heavy atom. The van der Waals surface area contributed by atoms with Gasteiger partial charge in [-0.2, -0.15) is 4.98 Å². The van der Waals surface area contributed by atoms with Gasteiger partial charge in [-0.15, -0.1) is 5.10 Å². The van der Waals surface area contributed by atoms with Gasteiger partial charge in [0.05, 0.1) is 0 Å². The van der Waals surface area contributed by atoms with Gasteiger partial charge in [-0.1, -0.05) is 12.5 Å². The van der Waals surface area contributed by atoms with Gasteiger partial charge in [0.15, 0.2) is 11.6 Å². The van der Waals surface area contributed by atoms with Crippen molar-refractivity contribution in [1.29, 1.82) is 0 Å². The maximum Gasteiger partial charge on any atom is 0.242 e. The lowest BCUT2D eigenvalue weighted by molar-refractivity contribution is -0.117. The van der Waals surface area contributed by atoms with Crippen molar-refractivity contribution in [2.24, 2.45) is 17.3 Å². The molecule has 0 amide bonds. The minimum absolute atomic E-state index is 0.0807. The van der Waals surface area contributed by atoms with Crippen molar-refractivity contribution < 1.29 is 8.78 Å². The Labute approximate surface area is 203 Å². The molecule has 4 aliphatic rings. The van der Waals surface area contributed by atoms with Gasteiger partial charge in [0.25, 0.3) is 0 Å². The van der Waals surface area contributed by atoms with Crippen LogP contribution in [0.5, 0.6) is 0 Å². The lowest BCUT2D eigenvalue weighted by Gasteiger charge is -2.65. The van der Waals surface area contributed by atoms with E-state index in [1.54, 1.807) is 12.4 Å². The third-order valence-electron chi connectivity index (χ3n) is 9.05. The van der Waals surface area contributed by atoms with Crippen LogP contribution >= 0.6 is 0 Å². The fourth-order valence-corrected chi connectivity index (χ4v) is 7.22. The van der Waals surface area contributed by atoms with Crippen LogP contribution in [0.4, 0.5) is 20.5 Å². The number of hydrogen-bond donors (Lipinski definition) is 1. The van der Waals surface area contributed by atoms with Crippen molar-refractivity contribution >= 4 is 11.8 Å². The summed E-state index contributed by atoms with van der Waals surface area (Å²) in [5.74, 6) is 2.00. The molecule has 0 bridgehead atoms. The number of aromatic nitrogens is 5. The predicted octanol–water partition coefficient (Wildman–Crippen LogP) is 4.30. The quantitative estimate of drug-likeness (QED) is 0.604. The molecular weight excluding hydrogens is 448 g/mol. The second-order valence-corrected chi connectivity index (χ2v) is 10.8. The van der Waals surface area contributed by atoms with E-state index < -0.39 is 11.6 Å². The molecule has 7 nitrogen and oxygen atoms in total. The molecule has 2 saturated carbocycles. The number of aryl methyl sites for hydroxylation is 2. The summed E-state index contributed by atoms with van der Waals surface area (Å²) in [5.41, 5.74) is 2.13. The summed E-state index contributed by atoms with van der Waals surface area (Å²) >= 11 is 0. The molecule has 2 aliphatic carbocycles. The van der Waals surface area contributed by atoms with E-state index in [0.717, 1.165) is 61.8 Å². The van der Waals surface area contributed by atoms with Crippen LogP contribution in [0.1, 0.15) is 55.1 Å². The smallest absolute Gasteiger partial charge is 0.242 e. The first-order valence-corrected chi connectivity index (χ1v) is 12.7. The number of rotatable bonds is 4. The number of fused-ring (bicyclic) bond motifs is 1. The normalized spacial score (nSPS) is 31.0. The monoisotopic (exact) mass is 477 g/mol. The highest BCUT2D eigenvalue weighted by Gasteiger charge is 2.70. The minimum atomic E-state index is -0.817. The van der Waals surface area contributed by atoms with Gasteiger partial charge in [-0.3, -0.25) is 0 Å². The third-order valence-corrected chi connectivity index (χ3v) is 9.05. The van der Waals surface area contributed by atoms with Crippen LogP contribution in [0.25, 0.3) is 0 Å². The maximum absolute atomic E-state index is 14.0. The molecule has 9 heteroatoms. The van der Waals surface area contributed by atoms with Gasteiger partial charge < -0.3 is 10.2 Å². The van der Waals surface area contributed by atoms with E-state index in [1.807, 2.05) is 11.6 Å². The van der Waals surface area contributed by atoms with E-state index >= 15 is 0 Å². The van der Waals surface area contributed by atoms with Gasteiger partial charge >= 0.3 is 0 Å². The van der Waals surface area contributed by atoms with Crippen LogP contribution in [0, 0.1) is 35.8 Å². The van der Waals surface area contributed by atoms with Gasteiger partial charge in [-0.25, -0.2) is 23.4 Å². The number of nitrogens with zero attached hydrogens (tertiary/aromatic N) is 6. The number of halogens is 2. The summed E-state index contributed by atoms with van der Waals surface area (Å²) in [6.45, 7) is 4.84. The second-order valence-electron chi connectivity index (χ2n) is 10.8. The molecule has 7 rings (SSSR count). The highest BCUT2D eigenvalue weighted by atomic mass is 19.2. The highest BCUT2D eigenvalue weighted by molar-refractivity contribution is 5.46. The summed E-state index contributed by atoms with van der Waals surface area (Å²) in [6, 6.07) is 6.63. The molecule has 182 valence electrons. The van der Waals surface area contributed by atoms with Crippen molar-refractivity contribution in [3.05, 3.63) is 59.3 Å². The van der Waals surface area contributed by atoms with Crippen LogP contribution in [-0.2, 0) is 6.54 Å². The molecule has 35 heavy (non-hydrogen) atoms. The first-order chi connectivity index (χ1) is 17.0. The first-order valence-electron chi connectivity index (χ1n) is 12.7. The Balaban J connectivity index is 1.13. The van der Waals surface area contributed by atoms with Crippen molar-refractivity contribution in [2.75, 3.05) is 23.3 Å². The van der Waals surface area contributed by atoms with Crippen molar-refractivity contribution in [2.45, 2.75) is 57.5 Å². The average Bonchev–Trinajstić information content (AvgIpc) is 3.36. The lowest BCUT2D eigenvalue weighted by atomic mass is 9.41. The zero-order valence-electron chi connectivity index (χ0n) is 19.8. The molecule has 1 aromatic carbocycles. The van der Waals surface area contributed by atoms with E-state index in [9.17, 15) is 8.78 Å². The molecule has 0 radical (unpaired) electrons. The summed E-state index contributed by atoms with van der Waals surface area (Å²) in [4.78, 5) is 16.1. The highest BCUT2D eigenvalue weighted by Crippen LogP contribution is 2.68. The van der Waals surface area contributed by atoms with Crippen LogP contribution in [0.15, 0.2) is 30.6 Å². The van der Waals surface area contributed by atoms with Gasteiger partial charge in [0.1, 0.15) is 18.0 Å². The molecule has 1 saturated heterocycles. The van der Waals surface area contributed by atoms with E-state index in [2.05, 4.69) is 26.3 Å². The molecule has 1 spiro atoms. The Hall–Kier alpha value is -3.10. The number of benzene rings is 1. The maximum atomic E-state index is 14.0. The largest absolute Gasteiger partial charge is 0.356 e. The van der Waals surface area contributed by atoms with E-state index in [-0.39, 0.29) is 5.92 Å².